The van der Waals surface area contributed by atoms with Gasteiger partial charge in [0.05, 0.1) is 10.5 Å². The van der Waals surface area contributed by atoms with Gasteiger partial charge in [0.1, 0.15) is 13.2 Å². The van der Waals surface area contributed by atoms with Crippen molar-refractivity contribution in [2.24, 2.45) is 51.2 Å². The van der Waals surface area contributed by atoms with Crippen molar-refractivity contribution in [3.05, 3.63) is 71.8 Å². The maximum absolute atomic E-state index is 13.6. The topological polar surface area (TPSA) is 108 Å². The van der Waals surface area contributed by atoms with Crippen molar-refractivity contribution >= 4 is 21.6 Å². The highest BCUT2D eigenvalue weighted by atomic mass is 32.2. The lowest BCUT2D eigenvalue weighted by Gasteiger charge is -2.72. The van der Waals surface area contributed by atoms with Crippen LogP contribution in [0.5, 0.6) is 11.5 Å². The van der Waals surface area contributed by atoms with Crippen LogP contribution in [0.1, 0.15) is 116 Å². The highest BCUT2D eigenvalue weighted by Gasteiger charge is 2.68. The second-order valence-electron chi connectivity index (χ2n) is 20.7. The number of nitrogens with one attached hydrogen (secondary N) is 1. The molecule has 4 aliphatic carbocycles. The molecule has 1 saturated heterocycles. The Kier molecular flexibility index (Phi) is 11.7. The summed E-state index contributed by atoms with van der Waals surface area (Å²) >= 11 is 0. The van der Waals surface area contributed by atoms with Gasteiger partial charge in [0.25, 0.3) is 0 Å². The molecule has 2 N–H and O–H groups in total. The first kappa shape index (κ1) is 43.5. The molecule has 4 fully saturated rings. The number of rotatable bonds is 11. The second kappa shape index (κ2) is 16.2. The van der Waals surface area contributed by atoms with Crippen LogP contribution in [0.15, 0.2) is 65.6 Å². The Labute approximate surface area is 360 Å². The Bertz CT molecular complexity index is 2090. The maximum atomic E-state index is 13.6. The number of hydrogen-bond acceptors (Lipinski definition) is 7. The number of nitrogens with zero attached hydrogens (tertiary/aromatic N) is 2. The van der Waals surface area contributed by atoms with E-state index in [4.69, 9.17) is 9.47 Å². The minimum atomic E-state index is -3.62. The summed E-state index contributed by atoms with van der Waals surface area (Å²) in [5, 5.41) is 13.7. The Hall–Kier alpha value is -3.18. The number of ether oxygens (including phenoxy) is 2. The van der Waals surface area contributed by atoms with Crippen LogP contribution in [0.2, 0.25) is 0 Å². The Morgan fingerprint density at radius 3 is 2.25 bits per heavy atom. The van der Waals surface area contributed by atoms with Gasteiger partial charge in [-0.3, -0.25) is 4.90 Å². The van der Waals surface area contributed by atoms with Gasteiger partial charge >= 0.3 is 5.97 Å². The zero-order valence-corrected chi connectivity index (χ0v) is 38.2. The number of carboxylic acids is 1. The Balaban J connectivity index is 0.948. The van der Waals surface area contributed by atoms with E-state index in [-0.39, 0.29) is 26.6 Å². The molecule has 0 radical (unpaired) electrons. The molecule has 8 rings (SSSR count). The third-order valence-corrected chi connectivity index (χ3v) is 19.6. The number of piperazine rings is 1. The molecule has 0 amide bonds. The van der Waals surface area contributed by atoms with Crippen molar-refractivity contribution < 1.29 is 27.8 Å². The fourth-order valence-electron chi connectivity index (χ4n) is 14.6. The smallest absolute Gasteiger partial charge is 0.335 e. The number of benzene rings is 2. The van der Waals surface area contributed by atoms with Crippen LogP contribution >= 0.6 is 0 Å². The van der Waals surface area contributed by atoms with Crippen molar-refractivity contribution in [3.63, 3.8) is 0 Å². The largest absolute Gasteiger partial charge is 0.486 e. The van der Waals surface area contributed by atoms with E-state index < -0.39 is 16.0 Å². The van der Waals surface area contributed by atoms with Gasteiger partial charge in [-0.25, -0.2) is 13.2 Å². The molecule has 9 atom stereocenters. The van der Waals surface area contributed by atoms with Gasteiger partial charge in [-0.15, -0.1) is 0 Å². The molecule has 60 heavy (non-hydrogen) atoms. The number of sulfonamides is 1. The quantitative estimate of drug-likeness (QED) is 0.216. The van der Waals surface area contributed by atoms with Gasteiger partial charge in [-0.2, -0.15) is 4.31 Å². The van der Waals surface area contributed by atoms with Crippen LogP contribution in [0.3, 0.4) is 0 Å². The van der Waals surface area contributed by atoms with Crippen LogP contribution in [-0.2, 0) is 10.0 Å². The number of allylic oxidation sites excluding steroid dienone is 3. The minimum Gasteiger partial charge on any atom is -0.486 e. The predicted molar refractivity (Wildman–Crippen MR) is 239 cm³/mol. The van der Waals surface area contributed by atoms with Crippen LogP contribution < -0.4 is 14.8 Å². The summed E-state index contributed by atoms with van der Waals surface area (Å²) < 4.78 is 40.1. The van der Waals surface area contributed by atoms with Gasteiger partial charge in [0.15, 0.2) is 11.5 Å². The van der Waals surface area contributed by atoms with E-state index in [2.05, 4.69) is 71.3 Å². The van der Waals surface area contributed by atoms with Crippen LogP contribution in [0.25, 0.3) is 5.57 Å². The third-order valence-electron chi connectivity index (χ3n) is 17.7. The summed E-state index contributed by atoms with van der Waals surface area (Å²) in [5.74, 6) is 3.05. The van der Waals surface area contributed by atoms with E-state index in [9.17, 15) is 18.3 Å². The summed E-state index contributed by atoms with van der Waals surface area (Å²) in [7, 11) is -3.62. The lowest BCUT2D eigenvalue weighted by molar-refractivity contribution is -0.215. The first-order chi connectivity index (χ1) is 28.5. The summed E-state index contributed by atoms with van der Waals surface area (Å²) in [6, 6.07) is 12.9. The molecular weight excluding hydrogens is 771 g/mol. The molecule has 328 valence electrons. The van der Waals surface area contributed by atoms with Gasteiger partial charge in [0.2, 0.25) is 10.0 Å². The second-order valence-corrected chi connectivity index (χ2v) is 22.6. The average molecular weight is 842 g/mol. The zero-order chi connectivity index (χ0) is 42.8. The maximum Gasteiger partial charge on any atom is 0.335 e. The lowest BCUT2D eigenvalue weighted by atomic mass is 9.33. The van der Waals surface area contributed by atoms with Crippen LogP contribution in [0, 0.1) is 51.2 Å². The molecule has 3 saturated carbocycles. The molecule has 2 aromatic carbocycles. The van der Waals surface area contributed by atoms with Gasteiger partial charge < -0.3 is 19.9 Å². The molecule has 9 unspecified atom stereocenters. The number of carbonyl (C=O) groups is 1. The van der Waals surface area contributed by atoms with Gasteiger partial charge in [-0.1, -0.05) is 71.9 Å². The summed E-state index contributed by atoms with van der Waals surface area (Å²) in [6.45, 7) is 27.3. The fraction of sp³-hybridized carbons (Fsp3) is 0.660. The summed E-state index contributed by atoms with van der Waals surface area (Å²) in [6.07, 6.45) is 12.1. The molecule has 0 bridgehead atoms. The summed E-state index contributed by atoms with van der Waals surface area (Å²) in [5.41, 5.74) is 4.87. The standard InChI is InChI=1S/C50H71N3O6S/c1-9-37(33(2)3)45-39-15-17-44-48(6)21-18-38(34-10-12-35(13-11-34)46(54)55)47(4,5)43(48)20-23-50(44,8)49(39,7)22-19-40(45)51-24-25-52-26-28-53(29-27-52)60(56,57)36-14-16-41-42(32-36)59-31-30-58-41/h10-14,16,18,32,37,39-40,43-45,51H,2,9,15,17,19-31H2,1,3-8H3,(H,54,55). The van der Waals surface area contributed by atoms with Crippen molar-refractivity contribution in [2.75, 3.05) is 52.5 Å². The molecule has 0 spiro atoms. The number of hydrogen-bond donors (Lipinski definition) is 2. The Morgan fingerprint density at radius 1 is 0.900 bits per heavy atom. The van der Waals surface area contributed by atoms with Crippen LogP contribution in [-0.4, -0.2) is 87.2 Å². The monoisotopic (exact) mass is 842 g/mol. The van der Waals surface area contributed by atoms with Gasteiger partial charge in [-0.05, 0) is 145 Å². The molecular formula is C50H71N3O6S. The number of carboxylic acid groups (broad SMARTS) is 1. The SMILES string of the molecule is C=C(C)C(CC)C1C(NCCN2CCN(S(=O)(=O)c3ccc4c(c3)OCCO4)CC2)CCC2(C)C1CCC1C3(C)CC=C(c4ccc(C(=O)O)cc4)C(C)(C)C3CCC12C. The molecule has 2 aromatic rings. The first-order valence-corrected chi connectivity index (χ1v) is 24.4. The molecule has 9 nitrogen and oxygen atoms in total. The summed E-state index contributed by atoms with van der Waals surface area (Å²) in [4.78, 5) is 14.3. The number of aromatic carboxylic acids is 1. The number of fused-ring (bicyclic) bond motifs is 6. The molecule has 0 aromatic heterocycles. The van der Waals surface area contributed by atoms with E-state index in [0.29, 0.717) is 92.1 Å². The van der Waals surface area contributed by atoms with Crippen LogP contribution in [0.4, 0.5) is 0 Å². The lowest BCUT2D eigenvalue weighted by Crippen LogP contribution is -2.66. The highest BCUT2D eigenvalue weighted by Crippen LogP contribution is 2.75. The van der Waals surface area contributed by atoms with Crippen molar-refractivity contribution in [1.29, 1.82) is 0 Å². The van der Waals surface area contributed by atoms with E-state index in [1.807, 2.05) is 12.1 Å². The normalized spacial score (nSPS) is 34.6. The zero-order valence-electron chi connectivity index (χ0n) is 37.4. The molecule has 10 heteroatoms. The fourth-order valence-corrected chi connectivity index (χ4v) is 16.0. The molecule has 6 aliphatic rings. The minimum absolute atomic E-state index is 0.0121. The van der Waals surface area contributed by atoms with E-state index in [1.54, 1.807) is 34.6 Å². The Morgan fingerprint density at radius 2 is 1.58 bits per heavy atom. The van der Waals surface area contributed by atoms with E-state index in [1.165, 1.54) is 55.2 Å². The average Bonchev–Trinajstić information content (AvgIpc) is 3.21. The molecule has 2 aliphatic heterocycles. The van der Waals surface area contributed by atoms with Crippen molar-refractivity contribution in [2.45, 2.75) is 111 Å². The first-order valence-electron chi connectivity index (χ1n) is 23.0. The van der Waals surface area contributed by atoms with Crippen molar-refractivity contribution in [3.8, 4) is 11.5 Å². The molecule has 2 heterocycles. The van der Waals surface area contributed by atoms with Crippen molar-refractivity contribution in [1.82, 2.24) is 14.5 Å². The van der Waals surface area contributed by atoms with Gasteiger partial charge in [0, 0.05) is 51.4 Å². The van der Waals surface area contributed by atoms with E-state index in [0.717, 1.165) is 25.9 Å². The van der Waals surface area contributed by atoms with E-state index >= 15 is 0 Å². The predicted octanol–water partition coefficient (Wildman–Crippen LogP) is 9.40. The highest BCUT2D eigenvalue weighted by molar-refractivity contribution is 7.89. The third kappa shape index (κ3) is 7.17.